The van der Waals surface area contributed by atoms with E-state index >= 15 is 0 Å². The average Bonchev–Trinajstić information content (AvgIpc) is 2.55. The molecule has 0 aliphatic rings. The van der Waals surface area contributed by atoms with Crippen molar-refractivity contribution in [3.63, 3.8) is 0 Å². The molecule has 0 saturated carbocycles. The number of hydrogen-bond acceptors (Lipinski definition) is 4. The fraction of sp³-hybridized carbons (Fsp3) is 0.222. The van der Waals surface area contributed by atoms with Crippen LogP contribution in [0.5, 0.6) is 5.75 Å². The Morgan fingerprint density at radius 2 is 1.72 bits per heavy atom. The summed E-state index contributed by atoms with van der Waals surface area (Å²) in [5, 5.41) is 3.64. The van der Waals surface area contributed by atoms with E-state index in [1.807, 2.05) is 19.9 Å². The number of aryl methyl sites for hydroxylation is 2. The number of carbonyl (C=O) groups excluding carboxylic acids is 2. The fourth-order valence-electron chi connectivity index (χ4n) is 2.11. The van der Waals surface area contributed by atoms with Crippen LogP contribution >= 0.6 is 23.2 Å². The molecule has 0 aromatic heterocycles. The molecular formula is C18H17Cl2NO4. The van der Waals surface area contributed by atoms with Gasteiger partial charge >= 0.3 is 5.97 Å². The van der Waals surface area contributed by atoms with Gasteiger partial charge in [-0.3, -0.25) is 4.79 Å². The van der Waals surface area contributed by atoms with Crippen LogP contribution in [0, 0.1) is 13.8 Å². The van der Waals surface area contributed by atoms with Gasteiger partial charge in [-0.2, -0.15) is 0 Å². The maximum atomic E-state index is 11.9. The molecule has 0 aliphatic carbocycles. The topological polar surface area (TPSA) is 64.6 Å². The summed E-state index contributed by atoms with van der Waals surface area (Å²) in [4.78, 5) is 23.6. The van der Waals surface area contributed by atoms with E-state index in [1.165, 1.54) is 0 Å². The molecule has 0 unspecified atom stereocenters. The van der Waals surface area contributed by atoms with E-state index in [2.05, 4.69) is 5.32 Å². The molecule has 0 aliphatic heterocycles. The van der Waals surface area contributed by atoms with Crippen LogP contribution in [0.4, 0.5) is 5.69 Å². The SMILES string of the molecule is Cc1cc(C)c(NC(=O)COC(=O)COc2ccc(Cl)cc2)c(Cl)c1. The Morgan fingerprint density at radius 1 is 1.04 bits per heavy atom. The lowest BCUT2D eigenvalue weighted by atomic mass is 10.1. The van der Waals surface area contributed by atoms with Crippen LogP contribution < -0.4 is 10.1 Å². The van der Waals surface area contributed by atoms with Crippen molar-refractivity contribution in [2.24, 2.45) is 0 Å². The van der Waals surface area contributed by atoms with Crippen LogP contribution in [0.15, 0.2) is 36.4 Å². The lowest BCUT2D eigenvalue weighted by molar-refractivity contribution is -0.149. The zero-order valence-electron chi connectivity index (χ0n) is 13.8. The maximum absolute atomic E-state index is 11.9. The molecule has 25 heavy (non-hydrogen) atoms. The molecule has 0 heterocycles. The molecular weight excluding hydrogens is 365 g/mol. The van der Waals surface area contributed by atoms with Gasteiger partial charge in [0.15, 0.2) is 13.2 Å². The van der Waals surface area contributed by atoms with Crippen molar-refractivity contribution in [3.8, 4) is 5.75 Å². The number of nitrogens with one attached hydrogen (secondary N) is 1. The van der Waals surface area contributed by atoms with E-state index in [0.29, 0.717) is 21.5 Å². The smallest absolute Gasteiger partial charge is 0.344 e. The third kappa shape index (κ3) is 5.96. The Balaban J connectivity index is 1.79. The molecule has 1 amide bonds. The van der Waals surface area contributed by atoms with Crippen LogP contribution in [0.3, 0.4) is 0 Å². The molecule has 0 fully saturated rings. The van der Waals surface area contributed by atoms with Gasteiger partial charge in [0, 0.05) is 5.02 Å². The first-order valence-corrected chi connectivity index (χ1v) is 8.21. The molecule has 132 valence electrons. The number of esters is 1. The molecule has 7 heteroatoms. The molecule has 5 nitrogen and oxygen atoms in total. The van der Waals surface area contributed by atoms with Gasteiger partial charge in [0.25, 0.3) is 5.91 Å². The highest BCUT2D eigenvalue weighted by atomic mass is 35.5. The molecule has 0 saturated heterocycles. The summed E-state index contributed by atoms with van der Waals surface area (Å²) in [6, 6.07) is 10.2. The van der Waals surface area contributed by atoms with Crippen molar-refractivity contribution in [2.75, 3.05) is 18.5 Å². The van der Waals surface area contributed by atoms with Gasteiger partial charge in [0.1, 0.15) is 5.75 Å². The summed E-state index contributed by atoms with van der Waals surface area (Å²) < 4.78 is 10.1. The Labute approximate surface area is 155 Å². The van der Waals surface area contributed by atoms with Gasteiger partial charge < -0.3 is 14.8 Å². The second-order valence-corrected chi connectivity index (χ2v) is 6.23. The largest absolute Gasteiger partial charge is 0.482 e. The van der Waals surface area contributed by atoms with Gasteiger partial charge in [-0.1, -0.05) is 29.3 Å². The second kappa shape index (κ2) is 8.74. The Morgan fingerprint density at radius 3 is 2.36 bits per heavy atom. The summed E-state index contributed by atoms with van der Waals surface area (Å²) in [7, 11) is 0. The normalized spacial score (nSPS) is 10.2. The molecule has 0 spiro atoms. The number of amides is 1. The number of ether oxygens (including phenoxy) is 2. The fourth-order valence-corrected chi connectivity index (χ4v) is 2.60. The molecule has 2 rings (SSSR count). The number of rotatable bonds is 6. The second-order valence-electron chi connectivity index (χ2n) is 5.39. The van der Waals surface area contributed by atoms with Gasteiger partial charge in [-0.05, 0) is 55.3 Å². The molecule has 2 aromatic rings. The highest BCUT2D eigenvalue weighted by Crippen LogP contribution is 2.27. The average molecular weight is 382 g/mol. The Hall–Kier alpha value is -2.24. The number of anilines is 1. The van der Waals surface area contributed by atoms with Gasteiger partial charge in [-0.25, -0.2) is 4.79 Å². The Kier molecular flexibility index (Phi) is 6.67. The lowest BCUT2D eigenvalue weighted by Crippen LogP contribution is -2.24. The first-order chi connectivity index (χ1) is 11.8. The van der Waals surface area contributed by atoms with Crippen molar-refractivity contribution in [1.29, 1.82) is 0 Å². The number of hydrogen-bond donors (Lipinski definition) is 1. The first-order valence-electron chi connectivity index (χ1n) is 7.45. The van der Waals surface area contributed by atoms with Crippen molar-refractivity contribution in [2.45, 2.75) is 13.8 Å². The zero-order chi connectivity index (χ0) is 18.4. The van der Waals surface area contributed by atoms with Crippen LogP contribution in [-0.4, -0.2) is 25.1 Å². The zero-order valence-corrected chi connectivity index (χ0v) is 15.3. The van der Waals surface area contributed by atoms with Crippen LogP contribution in [0.25, 0.3) is 0 Å². The van der Waals surface area contributed by atoms with E-state index in [0.717, 1.165) is 11.1 Å². The van der Waals surface area contributed by atoms with E-state index in [1.54, 1.807) is 30.3 Å². The predicted molar refractivity (Wildman–Crippen MR) is 97.5 cm³/mol. The predicted octanol–water partition coefficient (Wildman–Crippen LogP) is 4.17. The third-order valence-electron chi connectivity index (χ3n) is 3.23. The summed E-state index contributed by atoms with van der Waals surface area (Å²) in [6.45, 7) is 3.01. The quantitative estimate of drug-likeness (QED) is 0.762. The van der Waals surface area contributed by atoms with Gasteiger partial charge in [-0.15, -0.1) is 0 Å². The van der Waals surface area contributed by atoms with E-state index in [-0.39, 0.29) is 6.61 Å². The van der Waals surface area contributed by atoms with Crippen molar-refractivity contribution < 1.29 is 19.1 Å². The summed E-state index contributed by atoms with van der Waals surface area (Å²) >= 11 is 11.9. The maximum Gasteiger partial charge on any atom is 0.344 e. The summed E-state index contributed by atoms with van der Waals surface area (Å²) in [6.07, 6.45) is 0. The van der Waals surface area contributed by atoms with Crippen LogP contribution in [-0.2, 0) is 14.3 Å². The van der Waals surface area contributed by atoms with E-state index in [4.69, 9.17) is 32.7 Å². The monoisotopic (exact) mass is 381 g/mol. The van der Waals surface area contributed by atoms with E-state index in [9.17, 15) is 9.59 Å². The van der Waals surface area contributed by atoms with Crippen molar-refractivity contribution in [3.05, 3.63) is 57.6 Å². The van der Waals surface area contributed by atoms with Crippen LogP contribution in [0.2, 0.25) is 10.0 Å². The molecule has 0 atom stereocenters. The lowest BCUT2D eigenvalue weighted by Gasteiger charge is -2.12. The number of halogens is 2. The van der Waals surface area contributed by atoms with Gasteiger partial charge in [0.05, 0.1) is 10.7 Å². The minimum Gasteiger partial charge on any atom is -0.482 e. The summed E-state index contributed by atoms with van der Waals surface area (Å²) in [5.41, 5.74) is 2.33. The van der Waals surface area contributed by atoms with Crippen molar-refractivity contribution in [1.82, 2.24) is 0 Å². The molecule has 1 N–H and O–H groups in total. The minimum atomic E-state index is -0.656. The van der Waals surface area contributed by atoms with Gasteiger partial charge in [0.2, 0.25) is 0 Å². The molecule has 0 radical (unpaired) electrons. The molecule has 2 aromatic carbocycles. The van der Waals surface area contributed by atoms with Crippen LogP contribution in [0.1, 0.15) is 11.1 Å². The highest BCUT2D eigenvalue weighted by molar-refractivity contribution is 6.34. The minimum absolute atomic E-state index is 0.306. The third-order valence-corrected chi connectivity index (χ3v) is 3.78. The highest BCUT2D eigenvalue weighted by Gasteiger charge is 2.12. The Bertz CT molecular complexity index is 752. The van der Waals surface area contributed by atoms with Crippen molar-refractivity contribution >= 4 is 40.8 Å². The standard InChI is InChI=1S/C18H17Cl2NO4/c1-11-7-12(2)18(15(20)8-11)21-16(22)9-25-17(23)10-24-14-5-3-13(19)4-6-14/h3-8H,9-10H2,1-2H3,(H,21,22). The number of carbonyl (C=O) groups is 2. The van der Waals surface area contributed by atoms with E-state index < -0.39 is 18.5 Å². The molecule has 0 bridgehead atoms. The summed E-state index contributed by atoms with van der Waals surface area (Å²) in [5.74, 6) is -0.654. The number of benzene rings is 2. The first kappa shape index (κ1) is 19.1.